The van der Waals surface area contributed by atoms with E-state index in [0.717, 1.165) is 103 Å². The van der Waals surface area contributed by atoms with Crippen LogP contribution in [0.1, 0.15) is 194 Å². The van der Waals surface area contributed by atoms with E-state index in [4.69, 9.17) is 13.8 Å². The summed E-state index contributed by atoms with van der Waals surface area (Å²) in [7, 11) is -4.44. The lowest BCUT2D eigenvalue weighted by Crippen LogP contribution is -2.27. The van der Waals surface area contributed by atoms with Crippen LogP contribution < -0.4 is 5.32 Å². The quantitative estimate of drug-likeness (QED) is 0.0238. The number of phosphoric ester groups is 1. The van der Waals surface area contributed by atoms with Crippen LogP contribution in [0.2, 0.25) is 0 Å². The number of ether oxygens (including phenoxy) is 1. The highest BCUT2D eigenvalue weighted by Gasteiger charge is 2.23. The maximum Gasteiger partial charge on any atom is 0.472 e. The molecule has 0 aromatic heterocycles. The molecule has 0 heterocycles. The number of phosphoric acid groups is 1. The molecule has 63 heavy (non-hydrogen) atoms. The maximum absolute atomic E-state index is 12.1. The molecule has 2 unspecified atom stereocenters. The number of carbonyl (C=O) groups excluding carboxylic acids is 2. The topological polar surface area (TPSA) is 131 Å². The summed E-state index contributed by atoms with van der Waals surface area (Å²) >= 11 is 0. The number of carbonyl (C=O) groups is 2. The number of hydrogen-bond donors (Lipinski definition) is 3. The highest BCUT2D eigenvalue weighted by Crippen LogP contribution is 2.42. The molecule has 0 saturated heterocycles. The number of nitrogens with one attached hydrogen (secondary N) is 1. The van der Waals surface area contributed by atoms with Crippen molar-refractivity contribution in [1.29, 1.82) is 0 Å². The standard InChI is InChI=1S/C53H90NO8P/c1-3-5-7-9-11-13-15-17-19-21-23-24-25-26-28-29-31-33-35-37-39-41-43-45-52(56)54-47-48-61-63(58,59)62-50-51(55)49-60-53(57)46-44-42-40-38-36-34-32-30-27-22-20-18-16-14-12-10-8-6-4-2/h5,7,11-14,17-20,23-24,26,28,31,33,51,55H,3-4,6,8-10,15-16,21-22,25,27,29-30,32,34-50H2,1-2H3,(H,54,56)(H,58,59)/b7-5-,13-11-,14-12-,19-17-,20-18-,24-23-,28-26-,33-31-. The lowest BCUT2D eigenvalue weighted by molar-refractivity contribution is -0.147. The number of rotatable bonds is 45. The minimum atomic E-state index is -4.44. The average Bonchev–Trinajstić information content (AvgIpc) is 3.27. The van der Waals surface area contributed by atoms with Crippen molar-refractivity contribution in [3.63, 3.8) is 0 Å². The number of allylic oxidation sites excluding steroid dienone is 16. The van der Waals surface area contributed by atoms with Crippen LogP contribution >= 0.6 is 7.82 Å². The summed E-state index contributed by atoms with van der Waals surface area (Å²) in [6.07, 6.45) is 63.4. The van der Waals surface area contributed by atoms with Crippen molar-refractivity contribution in [1.82, 2.24) is 5.32 Å². The van der Waals surface area contributed by atoms with Crippen molar-refractivity contribution in [2.24, 2.45) is 0 Å². The van der Waals surface area contributed by atoms with E-state index in [1.54, 1.807) is 0 Å². The first-order valence-electron chi connectivity index (χ1n) is 24.7. The highest BCUT2D eigenvalue weighted by molar-refractivity contribution is 7.47. The molecular weight excluding hydrogens is 810 g/mol. The molecule has 360 valence electrons. The molecule has 0 rings (SSSR count). The van der Waals surface area contributed by atoms with Gasteiger partial charge in [-0.3, -0.25) is 18.6 Å². The van der Waals surface area contributed by atoms with Crippen LogP contribution in [0.3, 0.4) is 0 Å². The Kier molecular flexibility index (Phi) is 46.0. The highest BCUT2D eigenvalue weighted by atomic mass is 31.2. The summed E-state index contributed by atoms with van der Waals surface area (Å²) in [4.78, 5) is 34.0. The van der Waals surface area contributed by atoms with Gasteiger partial charge in [0, 0.05) is 19.4 Å². The molecule has 0 spiro atoms. The zero-order chi connectivity index (χ0) is 46.0. The number of hydrogen-bond acceptors (Lipinski definition) is 7. The van der Waals surface area contributed by atoms with E-state index >= 15 is 0 Å². The fraction of sp³-hybridized carbons (Fsp3) is 0.660. The van der Waals surface area contributed by atoms with Crippen LogP contribution in [0.15, 0.2) is 97.2 Å². The van der Waals surface area contributed by atoms with Gasteiger partial charge in [0.2, 0.25) is 5.91 Å². The Hall–Kier alpha value is -3.07. The molecular formula is C53H90NO8P. The Bertz CT molecular complexity index is 1350. The molecule has 9 nitrogen and oxygen atoms in total. The van der Waals surface area contributed by atoms with Gasteiger partial charge in [-0.15, -0.1) is 0 Å². The lowest BCUT2D eigenvalue weighted by atomic mass is 10.1. The number of amides is 1. The summed E-state index contributed by atoms with van der Waals surface area (Å²) in [5, 5.41) is 12.7. The number of aliphatic hydroxyl groups is 1. The van der Waals surface area contributed by atoms with Gasteiger partial charge in [0.1, 0.15) is 12.7 Å². The monoisotopic (exact) mass is 900 g/mol. The van der Waals surface area contributed by atoms with Gasteiger partial charge in [0.25, 0.3) is 0 Å². The van der Waals surface area contributed by atoms with Crippen molar-refractivity contribution >= 4 is 19.7 Å². The smallest absolute Gasteiger partial charge is 0.463 e. The van der Waals surface area contributed by atoms with Crippen LogP contribution in [0.25, 0.3) is 0 Å². The van der Waals surface area contributed by atoms with Crippen molar-refractivity contribution in [2.45, 2.75) is 200 Å². The number of esters is 1. The van der Waals surface area contributed by atoms with E-state index in [1.165, 1.54) is 64.2 Å². The normalized spacial score (nSPS) is 14.0. The predicted octanol–water partition coefficient (Wildman–Crippen LogP) is 14.6. The second kappa shape index (κ2) is 48.4. The molecule has 10 heteroatoms. The molecule has 0 aliphatic carbocycles. The van der Waals surface area contributed by atoms with Crippen molar-refractivity contribution in [2.75, 3.05) is 26.4 Å². The summed E-state index contributed by atoms with van der Waals surface area (Å²) in [5.74, 6) is -0.551. The van der Waals surface area contributed by atoms with Crippen molar-refractivity contribution < 1.29 is 37.9 Å². The average molecular weight is 900 g/mol. The molecule has 0 aromatic rings. The third kappa shape index (κ3) is 49.8. The zero-order valence-corrected chi connectivity index (χ0v) is 40.6. The molecule has 0 fully saturated rings. The van der Waals surface area contributed by atoms with E-state index in [0.29, 0.717) is 6.42 Å². The molecule has 0 aliphatic rings. The second-order valence-electron chi connectivity index (χ2n) is 16.0. The zero-order valence-electron chi connectivity index (χ0n) is 39.7. The molecule has 0 bridgehead atoms. The molecule has 0 radical (unpaired) electrons. The molecule has 0 aromatic carbocycles. The summed E-state index contributed by atoms with van der Waals surface area (Å²) < 4.78 is 27.0. The Morgan fingerprint density at radius 3 is 1.37 bits per heavy atom. The molecule has 2 atom stereocenters. The first-order valence-corrected chi connectivity index (χ1v) is 26.2. The van der Waals surface area contributed by atoms with Crippen LogP contribution in [0, 0.1) is 0 Å². The Labute approximate surface area is 385 Å². The van der Waals surface area contributed by atoms with Gasteiger partial charge >= 0.3 is 13.8 Å². The molecule has 0 aliphatic heterocycles. The largest absolute Gasteiger partial charge is 0.472 e. The van der Waals surface area contributed by atoms with Crippen LogP contribution in [-0.4, -0.2) is 54.3 Å². The van der Waals surface area contributed by atoms with E-state index in [9.17, 15) is 24.2 Å². The van der Waals surface area contributed by atoms with E-state index in [2.05, 4.69) is 116 Å². The van der Waals surface area contributed by atoms with E-state index in [1.807, 2.05) is 0 Å². The molecule has 3 N–H and O–H groups in total. The summed E-state index contributed by atoms with van der Waals surface area (Å²) in [5.41, 5.74) is 0. The lowest BCUT2D eigenvalue weighted by Gasteiger charge is -2.15. The van der Waals surface area contributed by atoms with Gasteiger partial charge in [0.15, 0.2) is 0 Å². The predicted molar refractivity (Wildman–Crippen MR) is 265 cm³/mol. The van der Waals surface area contributed by atoms with Gasteiger partial charge < -0.3 is 20.1 Å². The first kappa shape index (κ1) is 59.9. The van der Waals surface area contributed by atoms with Crippen molar-refractivity contribution in [3.8, 4) is 0 Å². The fourth-order valence-electron chi connectivity index (χ4n) is 6.30. The number of aliphatic hydroxyl groups excluding tert-OH is 1. The Morgan fingerprint density at radius 2 is 0.905 bits per heavy atom. The van der Waals surface area contributed by atoms with Crippen LogP contribution in [0.4, 0.5) is 0 Å². The van der Waals surface area contributed by atoms with Crippen LogP contribution in [0.5, 0.6) is 0 Å². The van der Waals surface area contributed by atoms with Gasteiger partial charge in [-0.2, -0.15) is 0 Å². The van der Waals surface area contributed by atoms with E-state index in [-0.39, 0.29) is 32.1 Å². The van der Waals surface area contributed by atoms with Gasteiger partial charge in [-0.1, -0.05) is 182 Å². The maximum atomic E-state index is 12.1. The van der Waals surface area contributed by atoms with Gasteiger partial charge in [-0.05, 0) is 96.3 Å². The van der Waals surface area contributed by atoms with Gasteiger partial charge in [-0.25, -0.2) is 4.57 Å². The SMILES string of the molecule is CC/C=C\C/C=C\C/C=C\C/C=C\C/C=C\C/C=C\CCCCCCC(=O)NCCOP(=O)(O)OCC(O)COC(=O)CCCCCCCCCCC/C=C\C/C=C\CCCCC. The minimum absolute atomic E-state index is 0.0610. The van der Waals surface area contributed by atoms with Gasteiger partial charge in [0.05, 0.1) is 13.2 Å². The Morgan fingerprint density at radius 1 is 0.508 bits per heavy atom. The Balaban J connectivity index is 3.66. The third-order valence-electron chi connectivity index (χ3n) is 10.00. The first-order chi connectivity index (χ1) is 30.8. The van der Waals surface area contributed by atoms with Crippen LogP contribution in [-0.2, 0) is 27.9 Å². The van der Waals surface area contributed by atoms with Crippen molar-refractivity contribution in [3.05, 3.63) is 97.2 Å². The fourth-order valence-corrected chi connectivity index (χ4v) is 7.05. The molecule has 1 amide bonds. The summed E-state index contributed by atoms with van der Waals surface area (Å²) in [6, 6.07) is 0. The molecule has 0 saturated carbocycles. The number of unbranched alkanes of at least 4 members (excludes halogenated alkanes) is 16. The third-order valence-corrected chi connectivity index (χ3v) is 11.0. The second-order valence-corrected chi connectivity index (χ2v) is 17.5. The minimum Gasteiger partial charge on any atom is -0.463 e. The van der Waals surface area contributed by atoms with E-state index < -0.39 is 26.5 Å². The summed E-state index contributed by atoms with van der Waals surface area (Å²) in [6.45, 7) is 3.37.